The molecule has 0 amide bonds. The van der Waals surface area contributed by atoms with Crippen LogP contribution in [0.15, 0.2) is 24.3 Å². The van der Waals surface area contributed by atoms with Gasteiger partial charge in [0.15, 0.2) is 0 Å². The van der Waals surface area contributed by atoms with Crippen LogP contribution in [0.2, 0.25) is 0 Å². The lowest BCUT2D eigenvalue weighted by atomic mass is 9.98. The second kappa shape index (κ2) is 4.94. The third kappa shape index (κ3) is 2.99. The first-order valence-electron chi connectivity index (χ1n) is 5.17. The van der Waals surface area contributed by atoms with Crippen molar-refractivity contribution in [1.82, 2.24) is 0 Å². The highest BCUT2D eigenvalue weighted by atomic mass is 16.1. The molecule has 0 saturated carbocycles. The van der Waals surface area contributed by atoms with Gasteiger partial charge in [0.05, 0.1) is 0 Å². The summed E-state index contributed by atoms with van der Waals surface area (Å²) in [4.78, 5) is 10.5. The molecule has 14 heavy (non-hydrogen) atoms. The highest BCUT2D eigenvalue weighted by Crippen LogP contribution is 2.16. The Morgan fingerprint density at radius 2 is 1.71 bits per heavy atom. The average Bonchev–Trinajstić information content (AvgIpc) is 2.18. The molecule has 0 fully saturated rings. The summed E-state index contributed by atoms with van der Waals surface area (Å²) in [5.41, 5.74) is 2.60. The van der Waals surface area contributed by atoms with E-state index in [0.717, 1.165) is 12.7 Å². The maximum absolute atomic E-state index is 10.5. The topological polar surface area (TPSA) is 17.1 Å². The molecule has 0 aliphatic carbocycles. The van der Waals surface area contributed by atoms with E-state index in [9.17, 15) is 4.79 Å². The van der Waals surface area contributed by atoms with Crippen molar-refractivity contribution in [2.45, 2.75) is 33.1 Å². The third-order valence-corrected chi connectivity index (χ3v) is 2.44. The van der Waals surface area contributed by atoms with Crippen molar-refractivity contribution in [2.75, 3.05) is 0 Å². The molecule has 1 heteroatoms. The van der Waals surface area contributed by atoms with E-state index in [1.165, 1.54) is 11.1 Å². The number of benzene rings is 1. The molecule has 1 nitrogen and oxygen atoms in total. The van der Waals surface area contributed by atoms with Crippen LogP contribution in [0.4, 0.5) is 0 Å². The van der Waals surface area contributed by atoms with E-state index < -0.39 is 0 Å². The Bertz CT molecular complexity index is 285. The Morgan fingerprint density at radius 3 is 2.14 bits per heavy atom. The summed E-state index contributed by atoms with van der Waals surface area (Å²) in [6.45, 7) is 6.31. The van der Waals surface area contributed by atoms with Crippen LogP contribution in [-0.4, -0.2) is 6.29 Å². The Hall–Kier alpha value is -1.11. The highest BCUT2D eigenvalue weighted by Gasteiger charge is 2.02. The van der Waals surface area contributed by atoms with Gasteiger partial charge in [-0.25, -0.2) is 0 Å². The van der Waals surface area contributed by atoms with Gasteiger partial charge in [-0.3, -0.25) is 0 Å². The first-order chi connectivity index (χ1) is 6.63. The second-order valence-corrected chi connectivity index (χ2v) is 4.21. The van der Waals surface area contributed by atoms with Gasteiger partial charge in [0.1, 0.15) is 6.29 Å². The number of carbonyl (C=O) groups excluding carboxylic acids is 1. The predicted molar refractivity (Wildman–Crippen MR) is 59.5 cm³/mol. The quantitative estimate of drug-likeness (QED) is 0.666. The molecule has 1 aromatic carbocycles. The van der Waals surface area contributed by atoms with Gasteiger partial charge in [0.25, 0.3) is 0 Å². The van der Waals surface area contributed by atoms with Crippen molar-refractivity contribution in [1.29, 1.82) is 0 Å². The summed E-state index contributed by atoms with van der Waals surface area (Å²) in [5.74, 6) is 0.701. The minimum Gasteiger partial charge on any atom is -0.303 e. The van der Waals surface area contributed by atoms with Crippen molar-refractivity contribution >= 4 is 6.29 Å². The molecule has 0 aliphatic heterocycles. The summed E-state index contributed by atoms with van der Waals surface area (Å²) in [6.07, 6.45) is 1.86. The first-order valence-corrected chi connectivity index (χ1v) is 5.17. The summed E-state index contributed by atoms with van der Waals surface area (Å²) in [5, 5.41) is 0. The lowest BCUT2D eigenvalue weighted by Gasteiger charge is -2.07. The Morgan fingerprint density at radius 1 is 1.14 bits per heavy atom. The smallest absolute Gasteiger partial charge is 0.123 e. The van der Waals surface area contributed by atoms with Gasteiger partial charge in [-0.2, -0.15) is 0 Å². The van der Waals surface area contributed by atoms with Gasteiger partial charge in [0.2, 0.25) is 0 Å². The number of rotatable bonds is 4. The van der Waals surface area contributed by atoms with Crippen molar-refractivity contribution in [3.63, 3.8) is 0 Å². The molecule has 1 aromatic rings. The molecule has 1 atom stereocenters. The lowest BCUT2D eigenvalue weighted by molar-refractivity contribution is -0.110. The standard InChI is InChI=1S/C13H18O/c1-10(2)13-6-4-12(5-7-13)8-11(3)9-14/h4-7,9-11H,8H2,1-3H3/t11-/m0/s1. The van der Waals surface area contributed by atoms with Crippen molar-refractivity contribution in [3.8, 4) is 0 Å². The van der Waals surface area contributed by atoms with Gasteiger partial charge in [-0.05, 0) is 23.5 Å². The van der Waals surface area contributed by atoms with Crippen LogP contribution in [-0.2, 0) is 11.2 Å². The van der Waals surface area contributed by atoms with Crippen molar-refractivity contribution < 1.29 is 4.79 Å². The molecule has 0 spiro atoms. The minimum atomic E-state index is 0.125. The minimum absolute atomic E-state index is 0.125. The van der Waals surface area contributed by atoms with Crippen LogP contribution >= 0.6 is 0 Å². The molecular formula is C13H18O. The molecule has 0 N–H and O–H groups in total. The van der Waals surface area contributed by atoms with Gasteiger partial charge in [-0.15, -0.1) is 0 Å². The fraction of sp³-hybridized carbons (Fsp3) is 0.462. The number of hydrogen-bond donors (Lipinski definition) is 0. The highest BCUT2D eigenvalue weighted by molar-refractivity contribution is 5.53. The predicted octanol–water partition coefficient (Wildman–Crippen LogP) is 3.19. The van der Waals surface area contributed by atoms with Crippen LogP contribution in [0.5, 0.6) is 0 Å². The summed E-state index contributed by atoms with van der Waals surface area (Å²) in [6, 6.07) is 8.54. The van der Waals surface area contributed by atoms with E-state index in [4.69, 9.17) is 0 Å². The third-order valence-electron chi connectivity index (χ3n) is 2.44. The Kier molecular flexibility index (Phi) is 3.87. The molecule has 0 saturated heterocycles. The van der Waals surface area contributed by atoms with Crippen LogP contribution in [0.3, 0.4) is 0 Å². The summed E-state index contributed by atoms with van der Waals surface area (Å²) < 4.78 is 0. The molecule has 0 unspecified atom stereocenters. The molecular weight excluding hydrogens is 172 g/mol. The molecule has 0 heterocycles. The monoisotopic (exact) mass is 190 g/mol. The zero-order chi connectivity index (χ0) is 10.6. The average molecular weight is 190 g/mol. The Labute approximate surface area is 86.1 Å². The fourth-order valence-corrected chi connectivity index (χ4v) is 1.46. The van der Waals surface area contributed by atoms with E-state index in [-0.39, 0.29) is 5.92 Å². The number of carbonyl (C=O) groups is 1. The molecule has 0 bridgehead atoms. The molecule has 0 aromatic heterocycles. The fourth-order valence-electron chi connectivity index (χ4n) is 1.46. The van der Waals surface area contributed by atoms with E-state index in [0.29, 0.717) is 5.92 Å². The summed E-state index contributed by atoms with van der Waals surface area (Å²) >= 11 is 0. The van der Waals surface area contributed by atoms with Crippen LogP contribution in [0, 0.1) is 5.92 Å². The van der Waals surface area contributed by atoms with Crippen molar-refractivity contribution in [3.05, 3.63) is 35.4 Å². The summed E-state index contributed by atoms with van der Waals surface area (Å²) in [7, 11) is 0. The van der Waals surface area contributed by atoms with Gasteiger partial charge in [-0.1, -0.05) is 45.0 Å². The SMILES string of the molecule is CC(C)c1ccc(C[C@H](C)C=O)cc1. The maximum atomic E-state index is 10.5. The van der Waals surface area contributed by atoms with E-state index in [1.807, 2.05) is 6.92 Å². The molecule has 0 radical (unpaired) electrons. The van der Waals surface area contributed by atoms with Gasteiger partial charge >= 0.3 is 0 Å². The number of hydrogen-bond acceptors (Lipinski definition) is 1. The van der Waals surface area contributed by atoms with E-state index in [1.54, 1.807) is 0 Å². The lowest BCUT2D eigenvalue weighted by Crippen LogP contribution is -2.00. The van der Waals surface area contributed by atoms with E-state index in [2.05, 4.69) is 38.1 Å². The molecule has 1 rings (SSSR count). The normalized spacial score (nSPS) is 12.9. The zero-order valence-corrected chi connectivity index (χ0v) is 9.16. The zero-order valence-electron chi connectivity index (χ0n) is 9.16. The van der Waals surface area contributed by atoms with Crippen LogP contribution in [0.25, 0.3) is 0 Å². The first kappa shape index (κ1) is 11.0. The van der Waals surface area contributed by atoms with Crippen LogP contribution < -0.4 is 0 Å². The molecule has 0 aliphatic rings. The van der Waals surface area contributed by atoms with Crippen LogP contribution in [0.1, 0.15) is 37.8 Å². The Balaban J connectivity index is 2.68. The number of aldehydes is 1. The maximum Gasteiger partial charge on any atom is 0.123 e. The van der Waals surface area contributed by atoms with Crippen molar-refractivity contribution in [2.24, 2.45) is 5.92 Å². The van der Waals surface area contributed by atoms with Gasteiger partial charge < -0.3 is 4.79 Å². The second-order valence-electron chi connectivity index (χ2n) is 4.21. The molecule has 76 valence electrons. The van der Waals surface area contributed by atoms with E-state index >= 15 is 0 Å². The van der Waals surface area contributed by atoms with Gasteiger partial charge in [0, 0.05) is 5.92 Å². The largest absolute Gasteiger partial charge is 0.303 e.